The predicted molar refractivity (Wildman–Crippen MR) is 112 cm³/mol. The van der Waals surface area contributed by atoms with Gasteiger partial charge in [-0.05, 0) is 43.2 Å². The lowest BCUT2D eigenvalue weighted by atomic mass is 9.54. The number of fused-ring (bicyclic) bond motifs is 1. The molecule has 1 amide bonds. The summed E-state index contributed by atoms with van der Waals surface area (Å²) in [5.74, 6) is -0.761. The minimum atomic E-state index is -0.484. The Morgan fingerprint density at radius 2 is 2.03 bits per heavy atom. The molecule has 3 fully saturated rings. The molecule has 30 heavy (non-hydrogen) atoms. The molecule has 2 saturated carbocycles. The Morgan fingerprint density at radius 3 is 2.73 bits per heavy atom. The number of hydrogen-bond acceptors (Lipinski definition) is 6. The average Bonchev–Trinajstić information content (AvgIpc) is 2.70. The predicted octanol–water partition coefficient (Wildman–Crippen LogP) is 1.50. The minimum Gasteiger partial charge on any atom is -0.506 e. The van der Waals surface area contributed by atoms with Gasteiger partial charge in [0.1, 0.15) is 17.0 Å². The fraction of sp³-hybridized carbons (Fsp3) is 0.591. The topological polar surface area (TPSA) is 96.7 Å². The van der Waals surface area contributed by atoms with Gasteiger partial charge < -0.3 is 15.2 Å². The van der Waals surface area contributed by atoms with Gasteiger partial charge in [0.2, 0.25) is 0 Å². The van der Waals surface area contributed by atoms with E-state index in [0.29, 0.717) is 42.8 Å². The van der Waals surface area contributed by atoms with Crippen molar-refractivity contribution in [1.82, 2.24) is 19.8 Å². The van der Waals surface area contributed by atoms with E-state index in [1.54, 1.807) is 18.3 Å². The molecule has 1 saturated heterocycles. The number of pyridine rings is 2. The van der Waals surface area contributed by atoms with Crippen molar-refractivity contribution in [3.8, 4) is 5.75 Å². The Morgan fingerprint density at radius 1 is 1.27 bits per heavy atom. The van der Waals surface area contributed by atoms with E-state index in [-0.39, 0.29) is 17.4 Å². The van der Waals surface area contributed by atoms with Crippen LogP contribution in [0, 0.1) is 5.41 Å². The number of amides is 1. The fourth-order valence-electron chi connectivity index (χ4n) is 5.17. The zero-order valence-electron chi connectivity index (χ0n) is 17.1. The van der Waals surface area contributed by atoms with Crippen molar-refractivity contribution in [3.63, 3.8) is 0 Å². The summed E-state index contributed by atoms with van der Waals surface area (Å²) < 4.78 is 6.90. The van der Waals surface area contributed by atoms with Crippen molar-refractivity contribution < 1.29 is 14.6 Å². The monoisotopic (exact) mass is 412 g/mol. The number of carbonyl (C=O) groups is 1. The third-order valence-electron chi connectivity index (χ3n) is 7.07. The molecule has 2 aromatic heterocycles. The molecule has 3 aliphatic rings. The number of rotatable bonds is 5. The molecule has 3 heterocycles. The number of nitrogens with zero attached hydrogens (tertiary/aromatic N) is 3. The van der Waals surface area contributed by atoms with E-state index in [4.69, 9.17) is 4.74 Å². The molecule has 0 aromatic carbocycles. The fourth-order valence-corrected chi connectivity index (χ4v) is 5.17. The minimum absolute atomic E-state index is 0.0861. The summed E-state index contributed by atoms with van der Waals surface area (Å²) in [6.07, 6.45) is 7.28. The summed E-state index contributed by atoms with van der Waals surface area (Å²) >= 11 is 0. The highest BCUT2D eigenvalue weighted by atomic mass is 16.5. The zero-order valence-corrected chi connectivity index (χ0v) is 17.1. The van der Waals surface area contributed by atoms with E-state index in [1.165, 1.54) is 23.8 Å². The Hall–Kier alpha value is -2.45. The normalized spacial score (nSPS) is 21.3. The molecule has 5 rings (SSSR count). The van der Waals surface area contributed by atoms with Crippen molar-refractivity contribution >= 4 is 16.9 Å². The highest BCUT2D eigenvalue weighted by Crippen LogP contribution is 2.55. The third kappa shape index (κ3) is 3.37. The van der Waals surface area contributed by atoms with Crippen LogP contribution in [0.2, 0.25) is 0 Å². The van der Waals surface area contributed by atoms with E-state index in [0.717, 1.165) is 25.9 Å². The van der Waals surface area contributed by atoms with Gasteiger partial charge in [-0.1, -0.05) is 6.42 Å². The number of ether oxygens (including phenoxy) is 1. The molecule has 1 spiro atoms. The zero-order chi connectivity index (χ0) is 20.7. The lowest BCUT2D eigenvalue weighted by molar-refractivity contribution is -0.000678. The molecule has 8 heteroatoms. The molecule has 160 valence electrons. The maximum atomic E-state index is 13.3. The van der Waals surface area contributed by atoms with E-state index < -0.39 is 11.5 Å². The van der Waals surface area contributed by atoms with E-state index in [9.17, 15) is 14.7 Å². The molecular formula is C22H28N4O4. The van der Waals surface area contributed by atoms with Crippen LogP contribution in [0.3, 0.4) is 0 Å². The van der Waals surface area contributed by atoms with E-state index >= 15 is 0 Å². The quantitative estimate of drug-likeness (QED) is 0.773. The van der Waals surface area contributed by atoms with Crippen LogP contribution in [-0.2, 0) is 11.3 Å². The van der Waals surface area contributed by atoms with Crippen LogP contribution < -0.4 is 10.9 Å². The standard InChI is InChI=1S/C22H28N4O4/c27-18-16-3-1-6-23-19(16)26(8-7-25-9-11-30-12-10-25)21(29)17(18)20(28)24-15-13-22(14-15)4-2-5-22/h1,3,6,15,27H,2,4-5,7-14H2,(H,24,28). The second-order valence-corrected chi connectivity index (χ2v) is 8.94. The molecular weight excluding hydrogens is 384 g/mol. The summed E-state index contributed by atoms with van der Waals surface area (Å²) in [7, 11) is 0. The second kappa shape index (κ2) is 7.67. The van der Waals surface area contributed by atoms with Crippen molar-refractivity contribution in [3.05, 3.63) is 34.2 Å². The Balaban J connectivity index is 1.42. The van der Waals surface area contributed by atoms with Gasteiger partial charge in [-0.2, -0.15) is 0 Å². The van der Waals surface area contributed by atoms with Gasteiger partial charge in [-0.15, -0.1) is 0 Å². The summed E-state index contributed by atoms with van der Waals surface area (Å²) in [6.45, 7) is 4.05. The van der Waals surface area contributed by atoms with Crippen molar-refractivity contribution in [2.24, 2.45) is 5.41 Å². The lowest BCUT2D eigenvalue weighted by Gasteiger charge is -2.54. The van der Waals surface area contributed by atoms with Gasteiger partial charge in [-0.3, -0.25) is 19.1 Å². The van der Waals surface area contributed by atoms with Crippen LogP contribution >= 0.6 is 0 Å². The smallest absolute Gasteiger partial charge is 0.268 e. The first kappa shape index (κ1) is 19.5. The second-order valence-electron chi connectivity index (χ2n) is 8.94. The first-order chi connectivity index (χ1) is 14.6. The van der Waals surface area contributed by atoms with Crippen LogP contribution in [0.1, 0.15) is 42.5 Å². The highest BCUT2D eigenvalue weighted by molar-refractivity contribution is 6.01. The number of aromatic hydroxyl groups is 1. The molecule has 2 N–H and O–H groups in total. The SMILES string of the molecule is O=C(NC1CC2(CCC2)C1)c1c(O)c2cccnc2n(CCN2CCOCC2)c1=O. The van der Waals surface area contributed by atoms with Crippen LogP contribution in [0.4, 0.5) is 0 Å². The molecule has 8 nitrogen and oxygen atoms in total. The highest BCUT2D eigenvalue weighted by Gasteiger charge is 2.48. The molecule has 0 atom stereocenters. The van der Waals surface area contributed by atoms with Crippen LogP contribution in [0.5, 0.6) is 5.75 Å². The van der Waals surface area contributed by atoms with Crippen LogP contribution in [0.25, 0.3) is 11.0 Å². The molecule has 0 radical (unpaired) electrons. The van der Waals surface area contributed by atoms with Crippen LogP contribution in [-0.4, -0.2) is 64.4 Å². The van der Waals surface area contributed by atoms with Gasteiger partial charge >= 0.3 is 0 Å². The van der Waals surface area contributed by atoms with Gasteiger partial charge in [0.05, 0.1) is 18.6 Å². The van der Waals surface area contributed by atoms with E-state index in [2.05, 4.69) is 15.2 Å². The summed E-state index contributed by atoms with van der Waals surface area (Å²) in [5.41, 5.74) is 0.169. The summed E-state index contributed by atoms with van der Waals surface area (Å²) in [5, 5.41) is 14.2. The number of hydrogen-bond donors (Lipinski definition) is 2. The summed E-state index contributed by atoms with van der Waals surface area (Å²) in [6, 6.07) is 3.49. The van der Waals surface area contributed by atoms with Crippen LogP contribution in [0.15, 0.2) is 23.1 Å². The number of carbonyl (C=O) groups excluding carboxylic acids is 1. The van der Waals surface area contributed by atoms with Gasteiger partial charge in [0.25, 0.3) is 11.5 Å². The lowest BCUT2D eigenvalue weighted by Crippen LogP contribution is -2.54. The first-order valence-electron chi connectivity index (χ1n) is 10.9. The Kier molecular flexibility index (Phi) is 4.99. The van der Waals surface area contributed by atoms with Gasteiger partial charge in [0.15, 0.2) is 0 Å². The molecule has 2 aliphatic carbocycles. The summed E-state index contributed by atoms with van der Waals surface area (Å²) in [4.78, 5) is 32.8. The van der Waals surface area contributed by atoms with Crippen molar-refractivity contribution in [2.75, 3.05) is 32.8 Å². The number of morpholine rings is 1. The van der Waals surface area contributed by atoms with Crippen molar-refractivity contribution in [1.29, 1.82) is 0 Å². The largest absolute Gasteiger partial charge is 0.506 e. The number of nitrogens with one attached hydrogen (secondary N) is 1. The first-order valence-corrected chi connectivity index (χ1v) is 10.9. The van der Waals surface area contributed by atoms with E-state index in [1.807, 2.05) is 0 Å². The van der Waals surface area contributed by atoms with Crippen molar-refractivity contribution in [2.45, 2.75) is 44.7 Å². The molecule has 0 unspecified atom stereocenters. The number of aromatic nitrogens is 2. The average molecular weight is 412 g/mol. The third-order valence-corrected chi connectivity index (χ3v) is 7.07. The molecule has 0 bridgehead atoms. The maximum absolute atomic E-state index is 13.3. The maximum Gasteiger partial charge on any atom is 0.268 e. The van der Waals surface area contributed by atoms with Gasteiger partial charge in [-0.25, -0.2) is 4.98 Å². The molecule has 2 aromatic rings. The molecule has 1 aliphatic heterocycles. The Bertz CT molecular complexity index is 1020. The van der Waals surface area contributed by atoms with Gasteiger partial charge in [0, 0.05) is 38.4 Å². The Labute approximate surface area is 174 Å².